The molecule has 0 bridgehead atoms. The van der Waals surface area contributed by atoms with E-state index < -0.39 is 33.0 Å². The maximum absolute atomic E-state index is 12.0. The van der Waals surface area contributed by atoms with E-state index in [-0.39, 0.29) is 17.0 Å². The minimum atomic E-state index is -3.30. The molecule has 1 aromatic heterocycles. The molecule has 0 saturated carbocycles. The van der Waals surface area contributed by atoms with Crippen LogP contribution >= 0.6 is 11.6 Å². The average molecular weight is 382 g/mol. The van der Waals surface area contributed by atoms with Gasteiger partial charge in [-0.2, -0.15) is 0 Å². The van der Waals surface area contributed by atoms with E-state index in [2.05, 4.69) is 9.98 Å². The summed E-state index contributed by atoms with van der Waals surface area (Å²) in [4.78, 5) is 30.1. The van der Waals surface area contributed by atoms with Crippen LogP contribution in [0.3, 0.4) is 0 Å². The molecule has 2 aromatic rings. The number of aromatic nitrogens is 2. The first-order chi connectivity index (χ1) is 11.8. The van der Waals surface area contributed by atoms with Crippen molar-refractivity contribution < 1.29 is 13.5 Å². The summed E-state index contributed by atoms with van der Waals surface area (Å²) in [5.41, 5.74) is -1.69. The van der Waals surface area contributed by atoms with Crippen molar-refractivity contribution in [2.75, 3.05) is 5.75 Å². The molecule has 0 fully saturated rings. The van der Waals surface area contributed by atoms with Gasteiger partial charge in [-0.05, 0) is 24.3 Å². The molecule has 0 spiro atoms. The summed E-state index contributed by atoms with van der Waals surface area (Å²) < 4.78 is 23.6. The molecule has 8 nitrogen and oxygen atoms in total. The van der Waals surface area contributed by atoms with Crippen molar-refractivity contribution in [3.63, 3.8) is 0 Å². The number of sulfone groups is 1. The van der Waals surface area contributed by atoms with Gasteiger partial charge in [0, 0.05) is 16.6 Å². The van der Waals surface area contributed by atoms with E-state index in [4.69, 9.17) is 11.6 Å². The number of H-pyrrole nitrogens is 1. The van der Waals surface area contributed by atoms with Crippen LogP contribution in [0.2, 0.25) is 5.02 Å². The van der Waals surface area contributed by atoms with E-state index in [9.17, 15) is 23.1 Å². The van der Waals surface area contributed by atoms with Crippen LogP contribution in [0.15, 0.2) is 50.3 Å². The van der Waals surface area contributed by atoms with Crippen molar-refractivity contribution in [1.82, 2.24) is 9.55 Å². The van der Waals surface area contributed by atoms with Crippen molar-refractivity contribution in [2.45, 2.75) is 6.04 Å². The molecular formula is C15H12ClN3O5S. The van der Waals surface area contributed by atoms with Gasteiger partial charge in [-0.1, -0.05) is 17.7 Å². The van der Waals surface area contributed by atoms with Gasteiger partial charge in [-0.15, -0.1) is 0 Å². The maximum atomic E-state index is 12.0. The molecule has 3 rings (SSSR count). The monoisotopic (exact) mass is 381 g/mol. The van der Waals surface area contributed by atoms with Gasteiger partial charge in [0.1, 0.15) is 5.56 Å². The van der Waals surface area contributed by atoms with Gasteiger partial charge in [0.05, 0.1) is 17.5 Å². The summed E-state index contributed by atoms with van der Waals surface area (Å²) in [6.07, 6.45) is 2.43. The lowest BCUT2D eigenvalue weighted by atomic mass is 10.2. The highest BCUT2D eigenvalue weighted by atomic mass is 35.5. The number of nitrogens with zero attached hydrogens (tertiary/aromatic N) is 2. The zero-order chi connectivity index (χ0) is 18.2. The molecule has 0 aliphatic carbocycles. The van der Waals surface area contributed by atoms with Gasteiger partial charge >= 0.3 is 5.69 Å². The molecule has 1 atom stereocenters. The predicted molar refractivity (Wildman–Crippen MR) is 93.6 cm³/mol. The summed E-state index contributed by atoms with van der Waals surface area (Å²) >= 11 is 5.88. The van der Waals surface area contributed by atoms with E-state index >= 15 is 0 Å². The van der Waals surface area contributed by atoms with E-state index in [1.807, 2.05) is 0 Å². The standard InChI is InChI=1S/C15H12ClN3O5S/c16-9-2-1-3-11(6-9)19-14(21)12(13(20)18-15(19)22)7-17-10-4-5-25(23,24)8-10/h1-7,10,21H,8H2,(H,18,20,22)/t10-/m1/s1. The van der Waals surface area contributed by atoms with E-state index in [0.29, 0.717) is 5.02 Å². The van der Waals surface area contributed by atoms with Crippen molar-refractivity contribution in [1.29, 1.82) is 0 Å². The molecule has 0 amide bonds. The van der Waals surface area contributed by atoms with Crippen molar-refractivity contribution >= 4 is 27.7 Å². The second-order valence-corrected chi connectivity index (χ2v) is 7.68. The Bertz CT molecular complexity index is 1110. The van der Waals surface area contributed by atoms with Crippen LogP contribution in [-0.2, 0) is 9.84 Å². The second kappa shape index (κ2) is 6.34. The molecule has 130 valence electrons. The summed E-state index contributed by atoms with van der Waals surface area (Å²) in [5, 5.41) is 11.7. The first-order valence-electron chi connectivity index (χ1n) is 7.05. The summed E-state index contributed by atoms with van der Waals surface area (Å²) in [7, 11) is -3.30. The number of aromatic hydroxyl groups is 1. The Labute approximate surface area is 146 Å². The quantitative estimate of drug-likeness (QED) is 0.754. The number of benzene rings is 1. The molecule has 0 radical (unpaired) electrons. The van der Waals surface area contributed by atoms with Crippen LogP contribution in [0, 0.1) is 0 Å². The van der Waals surface area contributed by atoms with Crippen LogP contribution in [0.5, 0.6) is 5.88 Å². The summed E-state index contributed by atoms with van der Waals surface area (Å²) in [5.74, 6) is -0.833. The Morgan fingerprint density at radius 1 is 1.36 bits per heavy atom. The number of aromatic amines is 1. The van der Waals surface area contributed by atoms with Gasteiger partial charge in [0.2, 0.25) is 5.88 Å². The minimum Gasteiger partial charge on any atom is -0.493 e. The van der Waals surface area contributed by atoms with Crippen LogP contribution in [0.4, 0.5) is 0 Å². The van der Waals surface area contributed by atoms with E-state index in [1.54, 1.807) is 12.1 Å². The first kappa shape index (κ1) is 17.2. The lowest BCUT2D eigenvalue weighted by Crippen LogP contribution is -2.31. The number of hydrogen-bond donors (Lipinski definition) is 2. The van der Waals surface area contributed by atoms with E-state index in [1.165, 1.54) is 18.2 Å². The number of rotatable bonds is 3. The number of halogens is 1. The molecule has 2 heterocycles. The zero-order valence-electron chi connectivity index (χ0n) is 12.6. The average Bonchev–Trinajstić information content (AvgIpc) is 2.86. The van der Waals surface area contributed by atoms with Gasteiger partial charge in [0.15, 0.2) is 9.84 Å². The fraction of sp³-hybridized carbons (Fsp3) is 0.133. The SMILES string of the molecule is O=c1[nH]c(=O)n(-c2cccc(Cl)c2)c(O)c1C=N[C@@H]1C=CS(=O)(=O)C1. The van der Waals surface area contributed by atoms with E-state index in [0.717, 1.165) is 16.2 Å². The van der Waals surface area contributed by atoms with Gasteiger partial charge in [-0.25, -0.2) is 17.8 Å². The van der Waals surface area contributed by atoms with Gasteiger partial charge < -0.3 is 5.11 Å². The maximum Gasteiger partial charge on any atom is 0.335 e. The third kappa shape index (κ3) is 3.57. The highest BCUT2D eigenvalue weighted by Gasteiger charge is 2.21. The molecule has 10 heteroatoms. The lowest BCUT2D eigenvalue weighted by Gasteiger charge is -2.10. The van der Waals surface area contributed by atoms with Crippen LogP contribution in [0.1, 0.15) is 5.56 Å². The largest absolute Gasteiger partial charge is 0.493 e. The molecule has 1 aliphatic heterocycles. The third-order valence-corrected chi connectivity index (χ3v) is 5.11. The molecular weight excluding hydrogens is 370 g/mol. The first-order valence-corrected chi connectivity index (χ1v) is 9.14. The molecule has 0 saturated heterocycles. The Hall–Kier alpha value is -2.65. The van der Waals surface area contributed by atoms with Crippen molar-refractivity contribution in [3.05, 3.63) is 67.2 Å². The Balaban J connectivity index is 2.07. The topological polar surface area (TPSA) is 122 Å². The summed E-state index contributed by atoms with van der Waals surface area (Å²) in [6.45, 7) is 0. The minimum absolute atomic E-state index is 0.212. The Kier molecular flexibility index (Phi) is 4.36. The van der Waals surface area contributed by atoms with Crippen LogP contribution in [0.25, 0.3) is 5.69 Å². The zero-order valence-corrected chi connectivity index (χ0v) is 14.2. The van der Waals surface area contributed by atoms with Gasteiger partial charge in [-0.3, -0.25) is 14.8 Å². The molecule has 1 aromatic carbocycles. The summed E-state index contributed by atoms with van der Waals surface area (Å²) in [6, 6.07) is 5.48. The molecule has 25 heavy (non-hydrogen) atoms. The van der Waals surface area contributed by atoms with Crippen LogP contribution < -0.4 is 11.2 Å². The fourth-order valence-electron chi connectivity index (χ4n) is 2.33. The lowest BCUT2D eigenvalue weighted by molar-refractivity contribution is 0.430. The smallest absolute Gasteiger partial charge is 0.335 e. The van der Waals surface area contributed by atoms with Crippen molar-refractivity contribution in [2.24, 2.45) is 4.99 Å². The third-order valence-electron chi connectivity index (χ3n) is 3.49. The molecule has 1 aliphatic rings. The highest BCUT2D eigenvalue weighted by molar-refractivity contribution is 7.94. The van der Waals surface area contributed by atoms with Gasteiger partial charge in [0.25, 0.3) is 5.56 Å². The highest BCUT2D eigenvalue weighted by Crippen LogP contribution is 2.19. The fourth-order valence-corrected chi connectivity index (χ4v) is 3.72. The Morgan fingerprint density at radius 3 is 2.76 bits per heavy atom. The predicted octanol–water partition coefficient (Wildman–Crippen LogP) is 0.614. The number of nitrogens with one attached hydrogen (secondary N) is 1. The number of aliphatic imine (C=N–C) groups is 1. The van der Waals surface area contributed by atoms with Crippen molar-refractivity contribution in [3.8, 4) is 11.6 Å². The molecule has 0 unspecified atom stereocenters. The normalized spacial score (nSPS) is 18.8. The number of hydrogen-bond acceptors (Lipinski definition) is 6. The van der Waals surface area contributed by atoms with Crippen LogP contribution in [-0.4, -0.2) is 41.1 Å². The molecule has 2 N–H and O–H groups in total. The second-order valence-electron chi connectivity index (χ2n) is 5.32. The Morgan fingerprint density at radius 2 is 2.12 bits per heavy atom.